The van der Waals surface area contributed by atoms with Crippen LogP contribution in [0.3, 0.4) is 0 Å². The van der Waals surface area contributed by atoms with Gasteiger partial charge in [0.1, 0.15) is 24.4 Å². The van der Waals surface area contributed by atoms with Crippen LogP contribution in [0.4, 0.5) is 0 Å². The van der Waals surface area contributed by atoms with Gasteiger partial charge in [-0.3, -0.25) is 24.1 Å². The summed E-state index contributed by atoms with van der Waals surface area (Å²) in [5.41, 5.74) is -1.64. The van der Waals surface area contributed by atoms with Crippen molar-refractivity contribution in [3.05, 3.63) is 12.2 Å². The summed E-state index contributed by atoms with van der Waals surface area (Å²) >= 11 is 0. The number of rotatable bonds is 13. The van der Waals surface area contributed by atoms with E-state index in [1.165, 1.54) is 19.1 Å². The number of ether oxygens (including phenoxy) is 3. The van der Waals surface area contributed by atoms with Gasteiger partial charge in [0.05, 0.1) is 24.4 Å². The van der Waals surface area contributed by atoms with Gasteiger partial charge in [0.15, 0.2) is 6.29 Å². The summed E-state index contributed by atoms with van der Waals surface area (Å²) in [6.45, 7) is 8.20. The van der Waals surface area contributed by atoms with Crippen LogP contribution in [0.2, 0.25) is 0 Å². The standard InChI is InChI=1S/C24H39N3O10/c1-14(29)26-19-21(34)20(33)15(12-28)36-22(19)37-24(4,5)13-35-23(2,3)9-10-25-16(30)8-11-27-17(31)6-7-18(27)32/h6-7,15,19-22,28,33-34H,8-13H2,1-5H3,(H,25,30)(H,26,29). The van der Waals surface area contributed by atoms with E-state index in [1.807, 2.05) is 13.8 Å². The normalized spacial score (nSPS) is 26.5. The summed E-state index contributed by atoms with van der Waals surface area (Å²) in [5.74, 6) is -1.62. The van der Waals surface area contributed by atoms with Gasteiger partial charge in [-0.1, -0.05) is 0 Å². The van der Waals surface area contributed by atoms with E-state index >= 15 is 0 Å². The van der Waals surface area contributed by atoms with Gasteiger partial charge in [-0.25, -0.2) is 0 Å². The lowest BCUT2D eigenvalue weighted by atomic mass is 9.96. The SMILES string of the molecule is CC(=O)NC1C(OC(C)(C)COC(C)(C)CCNC(=O)CCN2C(=O)C=CC2=O)OC(CO)C(O)C1O. The Kier molecular flexibility index (Phi) is 10.7. The molecule has 210 valence electrons. The third-order valence-electron chi connectivity index (χ3n) is 6.01. The molecular formula is C24H39N3O10. The van der Waals surface area contributed by atoms with Crippen LogP contribution in [0.25, 0.3) is 0 Å². The minimum absolute atomic E-state index is 0.00640. The second kappa shape index (κ2) is 12.9. The molecule has 5 atom stereocenters. The van der Waals surface area contributed by atoms with Crippen LogP contribution in [0.1, 0.15) is 47.5 Å². The quantitative estimate of drug-likeness (QED) is 0.173. The molecule has 0 aromatic rings. The van der Waals surface area contributed by atoms with Crippen molar-refractivity contribution in [2.75, 3.05) is 26.3 Å². The summed E-state index contributed by atoms with van der Waals surface area (Å²) < 4.78 is 17.6. The fraction of sp³-hybridized carbons (Fsp3) is 0.750. The molecule has 0 saturated carbocycles. The Balaban J connectivity index is 1.82. The summed E-state index contributed by atoms with van der Waals surface area (Å²) in [4.78, 5) is 47.8. The number of carbonyl (C=O) groups excluding carboxylic acids is 4. The van der Waals surface area contributed by atoms with Gasteiger partial charge in [-0.15, -0.1) is 0 Å². The Morgan fingerprint density at radius 3 is 2.27 bits per heavy atom. The molecule has 2 aliphatic heterocycles. The van der Waals surface area contributed by atoms with Crippen LogP contribution >= 0.6 is 0 Å². The third kappa shape index (κ3) is 9.13. The summed E-state index contributed by atoms with van der Waals surface area (Å²) in [6.07, 6.45) is -2.32. The number of nitrogens with one attached hydrogen (secondary N) is 2. The topological polar surface area (TPSA) is 184 Å². The van der Waals surface area contributed by atoms with Gasteiger partial charge in [0, 0.05) is 38.6 Å². The van der Waals surface area contributed by atoms with Crippen molar-refractivity contribution in [2.24, 2.45) is 0 Å². The first kappa shape index (κ1) is 30.8. The van der Waals surface area contributed by atoms with E-state index in [0.29, 0.717) is 13.0 Å². The average molecular weight is 530 g/mol. The molecule has 0 aromatic heterocycles. The minimum atomic E-state index is -1.42. The highest BCUT2D eigenvalue weighted by molar-refractivity contribution is 6.13. The number of amides is 4. The molecule has 1 fully saturated rings. The van der Waals surface area contributed by atoms with Gasteiger partial charge < -0.3 is 40.2 Å². The first-order valence-corrected chi connectivity index (χ1v) is 12.2. The van der Waals surface area contributed by atoms with Crippen molar-refractivity contribution in [3.63, 3.8) is 0 Å². The Morgan fingerprint density at radius 1 is 1.08 bits per heavy atom. The first-order valence-electron chi connectivity index (χ1n) is 12.2. The van der Waals surface area contributed by atoms with Gasteiger partial charge in [0.2, 0.25) is 11.8 Å². The van der Waals surface area contributed by atoms with E-state index in [0.717, 1.165) is 4.90 Å². The van der Waals surface area contributed by atoms with Crippen LogP contribution in [-0.4, -0.2) is 112 Å². The van der Waals surface area contributed by atoms with Crippen molar-refractivity contribution in [1.29, 1.82) is 0 Å². The molecule has 37 heavy (non-hydrogen) atoms. The molecule has 4 amide bonds. The van der Waals surface area contributed by atoms with Gasteiger partial charge in [-0.05, 0) is 34.1 Å². The zero-order chi connectivity index (χ0) is 28.0. The molecule has 0 spiro atoms. The van der Waals surface area contributed by atoms with Crippen LogP contribution in [0, 0.1) is 0 Å². The van der Waals surface area contributed by atoms with Gasteiger partial charge in [-0.2, -0.15) is 0 Å². The lowest BCUT2D eigenvalue weighted by Crippen LogP contribution is -2.65. The van der Waals surface area contributed by atoms with E-state index in [1.54, 1.807) is 13.8 Å². The second-order valence-corrected chi connectivity index (χ2v) is 10.4. The number of imide groups is 1. The van der Waals surface area contributed by atoms with Crippen LogP contribution in [0.15, 0.2) is 12.2 Å². The number of nitrogens with zero attached hydrogens (tertiary/aromatic N) is 1. The summed E-state index contributed by atoms with van der Waals surface area (Å²) in [7, 11) is 0. The van der Waals surface area contributed by atoms with Crippen LogP contribution in [0.5, 0.6) is 0 Å². The molecule has 2 aliphatic rings. The predicted octanol–water partition coefficient (Wildman–Crippen LogP) is -1.66. The fourth-order valence-electron chi connectivity index (χ4n) is 3.82. The molecule has 5 N–H and O–H groups in total. The molecule has 0 bridgehead atoms. The van der Waals surface area contributed by atoms with E-state index in [9.17, 15) is 34.5 Å². The Labute approximate surface area is 216 Å². The fourth-order valence-corrected chi connectivity index (χ4v) is 3.82. The highest BCUT2D eigenvalue weighted by Gasteiger charge is 2.47. The van der Waals surface area contributed by atoms with Crippen LogP contribution in [-0.2, 0) is 33.4 Å². The molecule has 13 nitrogen and oxygen atoms in total. The zero-order valence-electron chi connectivity index (χ0n) is 21.9. The highest BCUT2D eigenvalue weighted by atomic mass is 16.7. The highest BCUT2D eigenvalue weighted by Crippen LogP contribution is 2.27. The molecule has 0 radical (unpaired) electrons. The van der Waals surface area contributed by atoms with Gasteiger partial charge >= 0.3 is 0 Å². The average Bonchev–Trinajstić information content (AvgIpc) is 3.12. The molecular weight excluding hydrogens is 490 g/mol. The lowest BCUT2D eigenvalue weighted by Gasteiger charge is -2.45. The summed E-state index contributed by atoms with van der Waals surface area (Å²) in [6, 6.07) is -1.07. The molecule has 0 aliphatic carbocycles. The first-order chi connectivity index (χ1) is 17.2. The number of carbonyl (C=O) groups is 4. The van der Waals surface area contributed by atoms with Crippen molar-refractivity contribution in [1.82, 2.24) is 15.5 Å². The van der Waals surface area contributed by atoms with Crippen molar-refractivity contribution < 1.29 is 48.7 Å². The maximum absolute atomic E-state index is 12.1. The molecule has 13 heteroatoms. The Morgan fingerprint density at radius 2 is 1.70 bits per heavy atom. The molecule has 1 saturated heterocycles. The van der Waals surface area contributed by atoms with Crippen LogP contribution < -0.4 is 10.6 Å². The largest absolute Gasteiger partial charge is 0.394 e. The van der Waals surface area contributed by atoms with E-state index in [4.69, 9.17) is 14.2 Å². The number of aliphatic hydroxyl groups excluding tert-OH is 3. The monoisotopic (exact) mass is 529 g/mol. The Hall–Kier alpha value is -2.42. The predicted molar refractivity (Wildman–Crippen MR) is 129 cm³/mol. The zero-order valence-corrected chi connectivity index (χ0v) is 21.9. The van der Waals surface area contributed by atoms with Crippen molar-refractivity contribution >= 4 is 23.6 Å². The molecule has 2 heterocycles. The maximum atomic E-state index is 12.1. The number of hydrogen-bond donors (Lipinski definition) is 5. The maximum Gasteiger partial charge on any atom is 0.253 e. The smallest absolute Gasteiger partial charge is 0.253 e. The molecule has 0 aromatic carbocycles. The second-order valence-electron chi connectivity index (χ2n) is 10.4. The lowest BCUT2D eigenvalue weighted by molar-refractivity contribution is -0.302. The van der Waals surface area contributed by atoms with Gasteiger partial charge in [0.25, 0.3) is 11.8 Å². The molecule has 5 unspecified atom stereocenters. The van der Waals surface area contributed by atoms with E-state index in [2.05, 4.69) is 10.6 Å². The minimum Gasteiger partial charge on any atom is -0.394 e. The van der Waals surface area contributed by atoms with Crippen molar-refractivity contribution in [3.8, 4) is 0 Å². The summed E-state index contributed by atoms with van der Waals surface area (Å²) in [5, 5.41) is 35.3. The Bertz CT molecular complexity index is 857. The number of aliphatic hydroxyl groups is 3. The van der Waals surface area contributed by atoms with E-state index < -0.39 is 66.2 Å². The third-order valence-corrected chi connectivity index (χ3v) is 6.01. The van der Waals surface area contributed by atoms with E-state index in [-0.39, 0.29) is 25.5 Å². The van der Waals surface area contributed by atoms with Crippen molar-refractivity contribution in [2.45, 2.75) is 89.3 Å². The molecule has 2 rings (SSSR count). The number of hydrogen-bond acceptors (Lipinski definition) is 10.